The maximum absolute atomic E-state index is 11.5. The van der Waals surface area contributed by atoms with E-state index in [1.54, 1.807) is 6.92 Å². The van der Waals surface area contributed by atoms with Crippen LogP contribution in [0.25, 0.3) is 0 Å². The zero-order chi connectivity index (χ0) is 11.0. The van der Waals surface area contributed by atoms with E-state index in [1.807, 2.05) is 0 Å². The quantitative estimate of drug-likeness (QED) is 0.675. The van der Waals surface area contributed by atoms with Crippen LogP contribution in [0, 0.1) is 13.8 Å². The molecule has 0 aliphatic carbocycles. The first kappa shape index (κ1) is 10.3. The van der Waals surface area contributed by atoms with Crippen LogP contribution in [0.1, 0.15) is 21.6 Å². The van der Waals surface area contributed by atoms with Crippen LogP contribution in [0.15, 0.2) is 4.79 Å². The average Bonchev–Trinajstić information content (AvgIpc) is 2.11. The standard InChI is InChI=1S/C9H12N2O3/c1-4-6(9(13)14)8(12)11(3)5(2)7(4)10/h10H2,1-3H3,(H,13,14). The molecule has 5 heteroatoms. The Hall–Kier alpha value is -1.78. The number of carboxylic acids is 1. The van der Waals surface area contributed by atoms with Crippen molar-refractivity contribution in [2.45, 2.75) is 13.8 Å². The molecular formula is C9H12N2O3. The molecule has 1 rings (SSSR count). The molecule has 0 fully saturated rings. The number of hydrogen-bond donors (Lipinski definition) is 2. The Morgan fingerprint density at radius 3 is 2.36 bits per heavy atom. The highest BCUT2D eigenvalue weighted by atomic mass is 16.4. The number of carboxylic acid groups (broad SMARTS) is 1. The van der Waals surface area contributed by atoms with E-state index in [4.69, 9.17) is 10.8 Å². The minimum absolute atomic E-state index is 0.254. The molecule has 14 heavy (non-hydrogen) atoms. The van der Waals surface area contributed by atoms with Crippen LogP contribution in [-0.2, 0) is 7.05 Å². The van der Waals surface area contributed by atoms with E-state index >= 15 is 0 Å². The number of aromatic nitrogens is 1. The SMILES string of the molecule is Cc1c(N)c(C)n(C)c(=O)c1C(=O)O. The Bertz CT molecular complexity index is 460. The molecule has 0 amide bonds. The highest BCUT2D eigenvalue weighted by Crippen LogP contribution is 2.16. The molecular weight excluding hydrogens is 184 g/mol. The maximum atomic E-state index is 11.5. The van der Waals surface area contributed by atoms with Gasteiger partial charge in [-0.2, -0.15) is 0 Å². The van der Waals surface area contributed by atoms with Gasteiger partial charge in [0.1, 0.15) is 5.56 Å². The zero-order valence-corrected chi connectivity index (χ0v) is 8.29. The highest BCUT2D eigenvalue weighted by Gasteiger charge is 2.18. The van der Waals surface area contributed by atoms with Crippen molar-refractivity contribution in [2.75, 3.05) is 5.73 Å². The van der Waals surface area contributed by atoms with Crippen molar-refractivity contribution in [3.63, 3.8) is 0 Å². The number of nitrogen functional groups attached to an aromatic ring is 1. The van der Waals surface area contributed by atoms with E-state index in [-0.39, 0.29) is 5.56 Å². The lowest BCUT2D eigenvalue weighted by atomic mass is 10.1. The normalized spacial score (nSPS) is 10.2. The van der Waals surface area contributed by atoms with Crippen molar-refractivity contribution in [3.05, 3.63) is 27.2 Å². The number of hydrogen-bond acceptors (Lipinski definition) is 3. The predicted octanol–water partition coefficient (Wildman–Crippen LogP) is 0.283. The summed E-state index contributed by atoms with van der Waals surface area (Å²) in [7, 11) is 1.50. The van der Waals surface area contributed by atoms with Crippen LogP contribution in [0.3, 0.4) is 0 Å². The van der Waals surface area contributed by atoms with Crippen LogP contribution in [0.2, 0.25) is 0 Å². The monoisotopic (exact) mass is 196 g/mol. The molecule has 0 spiro atoms. The number of nitrogens with zero attached hydrogens (tertiary/aromatic N) is 1. The Labute approximate surface area is 80.8 Å². The van der Waals surface area contributed by atoms with E-state index in [0.29, 0.717) is 16.9 Å². The van der Waals surface area contributed by atoms with Gasteiger partial charge in [-0.1, -0.05) is 0 Å². The Kier molecular flexibility index (Phi) is 2.33. The summed E-state index contributed by atoms with van der Waals surface area (Å²) >= 11 is 0. The van der Waals surface area contributed by atoms with Crippen molar-refractivity contribution in [2.24, 2.45) is 7.05 Å². The number of anilines is 1. The van der Waals surface area contributed by atoms with Gasteiger partial charge in [-0.25, -0.2) is 4.79 Å². The molecule has 1 heterocycles. The van der Waals surface area contributed by atoms with E-state index < -0.39 is 11.5 Å². The predicted molar refractivity (Wildman–Crippen MR) is 52.5 cm³/mol. The minimum atomic E-state index is -1.24. The molecule has 0 aromatic carbocycles. The van der Waals surface area contributed by atoms with Crippen molar-refractivity contribution in [3.8, 4) is 0 Å². The van der Waals surface area contributed by atoms with Gasteiger partial charge in [-0.05, 0) is 19.4 Å². The lowest BCUT2D eigenvalue weighted by Crippen LogP contribution is -2.28. The number of nitrogens with two attached hydrogens (primary N) is 1. The van der Waals surface area contributed by atoms with Crippen LogP contribution < -0.4 is 11.3 Å². The van der Waals surface area contributed by atoms with Crippen LogP contribution in [0.5, 0.6) is 0 Å². The molecule has 0 saturated carbocycles. The summed E-state index contributed by atoms with van der Waals surface area (Å²) < 4.78 is 1.24. The lowest BCUT2D eigenvalue weighted by molar-refractivity contribution is 0.0693. The topological polar surface area (TPSA) is 85.3 Å². The fourth-order valence-corrected chi connectivity index (χ4v) is 1.32. The summed E-state index contributed by atoms with van der Waals surface area (Å²) in [5, 5.41) is 8.82. The van der Waals surface area contributed by atoms with Gasteiger partial charge in [0.2, 0.25) is 0 Å². The van der Waals surface area contributed by atoms with Crippen molar-refractivity contribution in [1.29, 1.82) is 0 Å². The molecule has 0 unspecified atom stereocenters. The molecule has 0 bridgehead atoms. The van der Waals surface area contributed by atoms with Crippen LogP contribution in [0.4, 0.5) is 5.69 Å². The molecule has 5 nitrogen and oxygen atoms in total. The summed E-state index contributed by atoms with van der Waals surface area (Å²) in [6.07, 6.45) is 0. The zero-order valence-electron chi connectivity index (χ0n) is 8.29. The van der Waals surface area contributed by atoms with Gasteiger partial charge < -0.3 is 15.4 Å². The minimum Gasteiger partial charge on any atom is -0.477 e. The number of pyridine rings is 1. The van der Waals surface area contributed by atoms with Crippen molar-refractivity contribution < 1.29 is 9.90 Å². The Morgan fingerprint density at radius 2 is 1.93 bits per heavy atom. The van der Waals surface area contributed by atoms with Crippen LogP contribution >= 0.6 is 0 Å². The number of aromatic carboxylic acids is 1. The van der Waals surface area contributed by atoms with Gasteiger partial charge in [-0.15, -0.1) is 0 Å². The number of rotatable bonds is 1. The molecule has 0 atom stereocenters. The molecule has 0 saturated heterocycles. The van der Waals surface area contributed by atoms with E-state index in [2.05, 4.69) is 0 Å². The molecule has 76 valence electrons. The lowest BCUT2D eigenvalue weighted by Gasteiger charge is -2.11. The van der Waals surface area contributed by atoms with E-state index in [9.17, 15) is 9.59 Å². The summed E-state index contributed by atoms with van der Waals surface area (Å²) in [5.74, 6) is -1.24. The fraction of sp³-hybridized carbons (Fsp3) is 0.333. The van der Waals surface area contributed by atoms with Crippen molar-refractivity contribution in [1.82, 2.24) is 4.57 Å². The Morgan fingerprint density at radius 1 is 1.43 bits per heavy atom. The first-order valence-corrected chi connectivity index (χ1v) is 4.06. The third-order valence-corrected chi connectivity index (χ3v) is 2.40. The molecule has 1 aromatic rings. The van der Waals surface area contributed by atoms with Gasteiger partial charge >= 0.3 is 5.97 Å². The fourth-order valence-electron chi connectivity index (χ4n) is 1.32. The maximum Gasteiger partial charge on any atom is 0.341 e. The van der Waals surface area contributed by atoms with Gasteiger partial charge in [0.15, 0.2) is 0 Å². The Balaban J connectivity index is 3.78. The first-order valence-electron chi connectivity index (χ1n) is 4.06. The van der Waals surface area contributed by atoms with Gasteiger partial charge in [0.05, 0.1) is 5.69 Å². The first-order chi connectivity index (χ1) is 6.37. The second-order valence-corrected chi connectivity index (χ2v) is 3.17. The molecule has 0 aliphatic heterocycles. The summed E-state index contributed by atoms with van der Waals surface area (Å²) in [6.45, 7) is 3.21. The number of carbonyl (C=O) groups is 1. The third-order valence-electron chi connectivity index (χ3n) is 2.40. The second kappa shape index (κ2) is 3.17. The second-order valence-electron chi connectivity index (χ2n) is 3.17. The smallest absolute Gasteiger partial charge is 0.341 e. The molecule has 0 aliphatic rings. The highest BCUT2D eigenvalue weighted by molar-refractivity contribution is 5.90. The molecule has 3 N–H and O–H groups in total. The summed E-state index contributed by atoms with van der Waals surface area (Å²) in [5.41, 5.74) is 6.15. The van der Waals surface area contributed by atoms with E-state index in [1.165, 1.54) is 18.5 Å². The summed E-state index contributed by atoms with van der Waals surface area (Å²) in [6, 6.07) is 0. The average molecular weight is 196 g/mol. The van der Waals surface area contributed by atoms with Crippen molar-refractivity contribution >= 4 is 11.7 Å². The largest absolute Gasteiger partial charge is 0.477 e. The van der Waals surface area contributed by atoms with Gasteiger partial charge in [0, 0.05) is 12.7 Å². The molecule has 0 radical (unpaired) electrons. The molecule has 1 aromatic heterocycles. The van der Waals surface area contributed by atoms with E-state index in [0.717, 1.165) is 0 Å². The summed E-state index contributed by atoms with van der Waals surface area (Å²) in [4.78, 5) is 22.3. The van der Waals surface area contributed by atoms with Gasteiger partial charge in [0.25, 0.3) is 5.56 Å². The van der Waals surface area contributed by atoms with Gasteiger partial charge in [-0.3, -0.25) is 4.79 Å². The third kappa shape index (κ3) is 1.26. The van der Waals surface area contributed by atoms with Crippen LogP contribution in [-0.4, -0.2) is 15.6 Å².